The molecule has 0 spiro atoms. The third-order valence-electron chi connectivity index (χ3n) is 1.72. The average Bonchev–Trinajstić information content (AvgIpc) is 2.49. The number of hydrogen-bond donors (Lipinski definition) is 2. The summed E-state index contributed by atoms with van der Waals surface area (Å²) in [5, 5.41) is 2.34. The summed E-state index contributed by atoms with van der Waals surface area (Å²) in [6.07, 6.45) is 1.69. The van der Waals surface area contributed by atoms with Gasteiger partial charge in [-0.05, 0) is 0 Å². The number of hydrogen-bond acceptors (Lipinski definition) is 5. The van der Waals surface area contributed by atoms with Crippen LogP contribution in [0.3, 0.4) is 0 Å². The second-order valence-electron chi connectivity index (χ2n) is 2.69. The summed E-state index contributed by atoms with van der Waals surface area (Å²) < 4.78 is 4.38. The van der Waals surface area contributed by atoms with E-state index in [1.165, 1.54) is 12.2 Å². The molecule has 1 heterocycles. The summed E-state index contributed by atoms with van der Waals surface area (Å²) in [5.74, 6) is -0.761. The number of ether oxygens (including phenoxy) is 1. The van der Waals surface area contributed by atoms with Crippen LogP contribution in [0.15, 0.2) is 12.2 Å². The van der Waals surface area contributed by atoms with Crippen molar-refractivity contribution in [3.05, 3.63) is 12.2 Å². The fourth-order valence-corrected chi connectivity index (χ4v) is 1.05. The topological polar surface area (TPSA) is 102 Å². The van der Waals surface area contributed by atoms with Crippen LogP contribution in [0.5, 0.6) is 0 Å². The van der Waals surface area contributed by atoms with Crippen LogP contribution in [0.2, 0.25) is 0 Å². The first kappa shape index (κ1) is 11.2. The van der Waals surface area contributed by atoms with Crippen molar-refractivity contribution < 1.29 is 19.1 Å². The van der Waals surface area contributed by atoms with E-state index in [4.69, 9.17) is 5.73 Å². The van der Waals surface area contributed by atoms with E-state index in [0.717, 1.165) is 4.90 Å². The average molecular weight is 213 g/mol. The molecular formula is C8H11N3O4. The van der Waals surface area contributed by atoms with Gasteiger partial charge in [0.1, 0.15) is 6.73 Å². The summed E-state index contributed by atoms with van der Waals surface area (Å²) in [5.41, 5.74) is 4.96. The molecule has 3 amide bonds. The van der Waals surface area contributed by atoms with E-state index in [1.54, 1.807) is 0 Å². The minimum absolute atomic E-state index is 0.115. The molecule has 0 bridgehead atoms. The van der Waals surface area contributed by atoms with Gasteiger partial charge in [0.2, 0.25) is 0 Å². The maximum absolute atomic E-state index is 11.0. The zero-order chi connectivity index (χ0) is 11.3. The lowest BCUT2D eigenvalue weighted by molar-refractivity contribution is -0.136. The van der Waals surface area contributed by atoms with Gasteiger partial charge in [-0.25, -0.2) is 4.79 Å². The number of alkyl carbamates (subject to hydrolysis) is 1. The number of rotatable bonds is 4. The molecule has 0 aromatic carbocycles. The molecule has 0 unspecified atom stereocenters. The van der Waals surface area contributed by atoms with E-state index >= 15 is 0 Å². The zero-order valence-electron chi connectivity index (χ0n) is 7.93. The molecule has 0 atom stereocenters. The van der Waals surface area contributed by atoms with Crippen molar-refractivity contribution in [2.24, 2.45) is 5.73 Å². The fraction of sp³-hybridized carbons (Fsp3) is 0.375. The molecule has 82 valence electrons. The molecule has 0 aromatic heterocycles. The summed E-state index contributed by atoms with van der Waals surface area (Å²) >= 11 is 0. The Morgan fingerprint density at radius 1 is 1.40 bits per heavy atom. The molecule has 1 aliphatic heterocycles. The van der Waals surface area contributed by atoms with E-state index in [0.29, 0.717) is 0 Å². The van der Waals surface area contributed by atoms with Crippen molar-refractivity contribution in [3.63, 3.8) is 0 Å². The molecule has 7 nitrogen and oxygen atoms in total. The van der Waals surface area contributed by atoms with Crippen LogP contribution >= 0.6 is 0 Å². The monoisotopic (exact) mass is 213 g/mol. The van der Waals surface area contributed by atoms with E-state index in [2.05, 4.69) is 10.1 Å². The quantitative estimate of drug-likeness (QED) is 0.439. The number of carbonyl (C=O) groups excluding carboxylic acids is 3. The number of amides is 3. The van der Waals surface area contributed by atoms with Gasteiger partial charge in [-0.2, -0.15) is 0 Å². The van der Waals surface area contributed by atoms with Crippen LogP contribution in [0.1, 0.15) is 0 Å². The maximum atomic E-state index is 11.0. The highest BCUT2D eigenvalue weighted by atomic mass is 16.6. The molecule has 0 saturated carbocycles. The lowest BCUT2D eigenvalue weighted by atomic mass is 10.5. The number of carbonyl (C=O) groups is 3. The van der Waals surface area contributed by atoms with E-state index < -0.39 is 6.09 Å². The Labute approximate surface area is 85.8 Å². The van der Waals surface area contributed by atoms with E-state index in [1.807, 2.05) is 0 Å². The normalized spacial score (nSPS) is 14.6. The summed E-state index contributed by atoms with van der Waals surface area (Å²) in [6, 6.07) is 0. The SMILES string of the molecule is NCOC(=O)NCCN1C(=O)C=CC1=O. The first-order valence-electron chi connectivity index (χ1n) is 4.29. The Morgan fingerprint density at radius 2 is 2.00 bits per heavy atom. The molecular weight excluding hydrogens is 202 g/mol. The number of nitrogens with zero attached hydrogens (tertiary/aromatic N) is 1. The number of nitrogens with one attached hydrogen (secondary N) is 1. The minimum atomic E-state index is -0.676. The minimum Gasteiger partial charge on any atom is -0.434 e. The smallest absolute Gasteiger partial charge is 0.408 e. The van der Waals surface area contributed by atoms with Gasteiger partial charge in [0.15, 0.2) is 0 Å². The highest BCUT2D eigenvalue weighted by molar-refractivity contribution is 6.12. The largest absolute Gasteiger partial charge is 0.434 e. The summed E-state index contributed by atoms with van der Waals surface area (Å²) in [7, 11) is 0. The van der Waals surface area contributed by atoms with Crippen LogP contribution in [-0.2, 0) is 14.3 Å². The van der Waals surface area contributed by atoms with Gasteiger partial charge in [0.05, 0.1) is 0 Å². The van der Waals surface area contributed by atoms with Crippen LogP contribution in [0, 0.1) is 0 Å². The van der Waals surface area contributed by atoms with Crippen LogP contribution in [-0.4, -0.2) is 42.6 Å². The predicted octanol–water partition coefficient (Wildman–Crippen LogP) is -1.45. The van der Waals surface area contributed by atoms with Gasteiger partial charge >= 0.3 is 6.09 Å². The van der Waals surface area contributed by atoms with Gasteiger partial charge < -0.3 is 10.1 Å². The molecule has 15 heavy (non-hydrogen) atoms. The second kappa shape index (κ2) is 5.11. The predicted molar refractivity (Wildman–Crippen MR) is 49.4 cm³/mol. The highest BCUT2D eigenvalue weighted by Crippen LogP contribution is 2.01. The third kappa shape index (κ3) is 3.06. The maximum Gasteiger partial charge on any atom is 0.408 e. The van der Waals surface area contributed by atoms with Gasteiger partial charge in [0, 0.05) is 25.2 Å². The van der Waals surface area contributed by atoms with Crippen molar-refractivity contribution in [2.45, 2.75) is 0 Å². The van der Waals surface area contributed by atoms with Crippen molar-refractivity contribution >= 4 is 17.9 Å². The zero-order valence-corrected chi connectivity index (χ0v) is 7.93. The number of imide groups is 1. The fourth-order valence-electron chi connectivity index (χ4n) is 1.05. The first-order chi connectivity index (χ1) is 7.15. The molecule has 1 aliphatic rings. The Balaban J connectivity index is 2.23. The Morgan fingerprint density at radius 3 is 2.53 bits per heavy atom. The van der Waals surface area contributed by atoms with Crippen LogP contribution < -0.4 is 11.1 Å². The first-order valence-corrected chi connectivity index (χ1v) is 4.29. The molecule has 0 fully saturated rings. The van der Waals surface area contributed by atoms with Crippen LogP contribution in [0.4, 0.5) is 4.79 Å². The summed E-state index contributed by atoms with van der Waals surface area (Å²) in [4.78, 5) is 33.9. The Hall–Kier alpha value is -1.89. The summed E-state index contributed by atoms with van der Waals surface area (Å²) in [6.45, 7) is 0.0390. The highest BCUT2D eigenvalue weighted by Gasteiger charge is 2.22. The molecule has 0 radical (unpaired) electrons. The Bertz CT molecular complexity index is 295. The van der Waals surface area contributed by atoms with Gasteiger partial charge in [-0.1, -0.05) is 0 Å². The van der Waals surface area contributed by atoms with E-state index in [9.17, 15) is 14.4 Å². The molecule has 0 aromatic rings. The van der Waals surface area contributed by atoms with Crippen molar-refractivity contribution in [1.29, 1.82) is 0 Å². The molecule has 3 N–H and O–H groups in total. The van der Waals surface area contributed by atoms with Gasteiger partial charge in [0.25, 0.3) is 11.8 Å². The molecule has 0 saturated heterocycles. The molecule has 7 heteroatoms. The molecule has 0 aliphatic carbocycles. The standard InChI is InChI=1S/C8H11N3O4/c9-5-15-8(14)10-3-4-11-6(12)1-2-7(11)13/h1-2H,3-5,9H2,(H,10,14). The van der Waals surface area contributed by atoms with Crippen molar-refractivity contribution in [3.8, 4) is 0 Å². The number of nitrogens with two attached hydrogens (primary N) is 1. The van der Waals surface area contributed by atoms with Gasteiger partial charge in [-0.15, -0.1) is 0 Å². The molecule has 1 rings (SSSR count). The lowest BCUT2D eigenvalue weighted by Gasteiger charge is -2.13. The van der Waals surface area contributed by atoms with Crippen molar-refractivity contribution in [2.75, 3.05) is 19.8 Å². The van der Waals surface area contributed by atoms with Crippen LogP contribution in [0.25, 0.3) is 0 Å². The Kier molecular flexibility index (Phi) is 3.81. The van der Waals surface area contributed by atoms with Gasteiger partial charge in [-0.3, -0.25) is 20.2 Å². The van der Waals surface area contributed by atoms with Crippen molar-refractivity contribution in [1.82, 2.24) is 10.2 Å². The third-order valence-corrected chi connectivity index (χ3v) is 1.72. The lowest BCUT2D eigenvalue weighted by Crippen LogP contribution is -2.38. The van der Waals surface area contributed by atoms with E-state index in [-0.39, 0.29) is 31.6 Å². The second-order valence-corrected chi connectivity index (χ2v) is 2.69.